The van der Waals surface area contributed by atoms with Crippen molar-refractivity contribution in [3.8, 4) is 5.75 Å². The van der Waals surface area contributed by atoms with Crippen molar-refractivity contribution in [1.82, 2.24) is 31.6 Å². The van der Waals surface area contributed by atoms with Gasteiger partial charge in [-0.3, -0.25) is 14.6 Å². The standard InChI is InChI=1S/C43H60FN7O10/c1-45-16-19-55-22-25-58-28-27-57-24-21-54-18-13-39(52)46-15-12-40(53)50-33-34-7-2-3-8-35(34)42-41(36-9-4-5-10-37(36)50)48-49-51(42)17-20-56-23-26-59-29-30-60-31-32-61-38-11-6-14-47-43(38)44/h2-11,14,45,48-49H,12-13,15-33H2,1H3,(H,46,52). The van der Waals surface area contributed by atoms with Crippen molar-refractivity contribution in [1.29, 1.82) is 0 Å². The number of fused-ring (bicyclic) bond motifs is 4. The molecule has 18 heteroatoms. The normalized spacial score (nSPS) is 13.3. The van der Waals surface area contributed by atoms with Gasteiger partial charge in [0.25, 0.3) is 5.95 Å². The second-order valence-corrected chi connectivity index (χ2v) is 13.6. The number of benzene rings is 2. The Balaban J connectivity index is 0.995. The number of amides is 2. The number of carbonyl (C=O) groups is 2. The van der Waals surface area contributed by atoms with Gasteiger partial charge in [-0.15, -0.1) is 5.53 Å². The van der Waals surface area contributed by atoms with Crippen molar-refractivity contribution in [3.05, 3.63) is 89.5 Å². The van der Waals surface area contributed by atoms with Crippen LogP contribution >= 0.6 is 0 Å². The molecule has 3 heterocycles. The molecule has 0 saturated heterocycles. The van der Waals surface area contributed by atoms with E-state index in [2.05, 4.69) is 32.6 Å². The number of pyridine rings is 1. The molecule has 0 atom stereocenters. The van der Waals surface area contributed by atoms with Crippen LogP contribution in [-0.2, 0) is 49.3 Å². The molecule has 4 N–H and O–H groups in total. The van der Waals surface area contributed by atoms with Crippen LogP contribution < -0.4 is 31.2 Å². The summed E-state index contributed by atoms with van der Waals surface area (Å²) in [6.45, 7) is 8.10. The molecule has 3 aromatic rings. The zero-order valence-electron chi connectivity index (χ0n) is 35.0. The van der Waals surface area contributed by atoms with Gasteiger partial charge in [0.1, 0.15) is 6.61 Å². The molecule has 0 fully saturated rings. The lowest BCUT2D eigenvalue weighted by Crippen LogP contribution is -2.39. The first-order valence-electron chi connectivity index (χ1n) is 20.8. The highest BCUT2D eigenvalue weighted by molar-refractivity contribution is 6.02. The number of nitrogens with one attached hydrogen (secondary N) is 4. The lowest BCUT2D eigenvalue weighted by molar-refractivity contribution is -0.122. The summed E-state index contributed by atoms with van der Waals surface area (Å²) in [4.78, 5) is 31.7. The van der Waals surface area contributed by atoms with Crippen LogP contribution in [0.15, 0.2) is 66.9 Å². The summed E-state index contributed by atoms with van der Waals surface area (Å²) in [5.74, 6) is -0.846. The molecule has 61 heavy (non-hydrogen) atoms. The highest BCUT2D eigenvalue weighted by Gasteiger charge is 2.32. The van der Waals surface area contributed by atoms with Crippen LogP contribution in [0.25, 0.3) is 11.4 Å². The van der Waals surface area contributed by atoms with Gasteiger partial charge < -0.3 is 58.9 Å². The van der Waals surface area contributed by atoms with Crippen LogP contribution in [-0.4, -0.2) is 148 Å². The lowest BCUT2D eigenvalue weighted by atomic mass is 9.96. The van der Waals surface area contributed by atoms with Crippen LogP contribution in [0, 0.1) is 5.95 Å². The molecule has 17 nitrogen and oxygen atoms in total. The summed E-state index contributed by atoms with van der Waals surface area (Å²) in [5, 5.41) is 7.89. The van der Waals surface area contributed by atoms with Gasteiger partial charge in [0.2, 0.25) is 11.8 Å². The van der Waals surface area contributed by atoms with Gasteiger partial charge in [-0.05, 0) is 30.8 Å². The maximum atomic E-state index is 13.9. The van der Waals surface area contributed by atoms with E-state index in [1.54, 1.807) is 11.0 Å². The van der Waals surface area contributed by atoms with E-state index in [-0.39, 0.29) is 50.2 Å². The summed E-state index contributed by atoms with van der Waals surface area (Å²) >= 11 is 0. The number of aromatic nitrogens is 1. The molecule has 0 aliphatic carbocycles. The molecule has 1 aromatic heterocycles. The second kappa shape index (κ2) is 28.0. The Morgan fingerprint density at radius 2 is 1.30 bits per heavy atom. The van der Waals surface area contributed by atoms with E-state index in [1.165, 1.54) is 12.3 Å². The maximum absolute atomic E-state index is 13.9. The van der Waals surface area contributed by atoms with E-state index < -0.39 is 5.95 Å². The lowest BCUT2D eigenvalue weighted by Gasteiger charge is -2.30. The Morgan fingerprint density at radius 3 is 1.98 bits per heavy atom. The van der Waals surface area contributed by atoms with Crippen molar-refractivity contribution < 1.29 is 51.9 Å². The maximum Gasteiger partial charge on any atom is 0.255 e. The number of ether oxygens (including phenoxy) is 8. The summed E-state index contributed by atoms with van der Waals surface area (Å²) in [5.41, 5.74) is 12.0. The molecule has 2 amide bonds. The van der Waals surface area contributed by atoms with E-state index in [4.69, 9.17) is 37.9 Å². The Morgan fingerprint density at radius 1 is 0.689 bits per heavy atom. The van der Waals surface area contributed by atoms with Crippen molar-refractivity contribution in [2.24, 2.45) is 0 Å². The number of anilines is 1. The zero-order valence-corrected chi connectivity index (χ0v) is 35.0. The third-order valence-corrected chi connectivity index (χ3v) is 9.35. The zero-order chi connectivity index (χ0) is 42.7. The van der Waals surface area contributed by atoms with Crippen LogP contribution in [0.4, 0.5) is 10.1 Å². The van der Waals surface area contributed by atoms with Crippen LogP contribution in [0.2, 0.25) is 0 Å². The first kappa shape index (κ1) is 47.3. The van der Waals surface area contributed by atoms with Crippen LogP contribution in [0.3, 0.4) is 0 Å². The number of nitrogens with zero attached hydrogens (tertiary/aromatic N) is 3. The number of carbonyl (C=O) groups excluding carboxylic acids is 2. The summed E-state index contributed by atoms with van der Waals surface area (Å²) < 4.78 is 57.8. The molecule has 2 aromatic carbocycles. The van der Waals surface area contributed by atoms with E-state index in [0.29, 0.717) is 99.0 Å². The SMILES string of the molecule is CNCCOCCOCCOCCOCCC(=O)NCCC(=O)N1Cc2ccccc2C2=C(NNN2CCOCCOCCOCCOc2cccnc2F)c2ccccc21. The number of hydrazine groups is 2. The molecule has 0 radical (unpaired) electrons. The van der Waals surface area contributed by atoms with Crippen molar-refractivity contribution in [3.63, 3.8) is 0 Å². The van der Waals surface area contributed by atoms with E-state index in [1.807, 2.05) is 54.5 Å². The Bertz CT molecular complexity index is 1790. The predicted octanol–water partition coefficient (Wildman–Crippen LogP) is 2.53. The minimum absolute atomic E-state index is 0.0960. The molecule has 0 bridgehead atoms. The number of para-hydroxylation sites is 1. The molecule has 0 spiro atoms. The molecular formula is C43H60FN7O10. The molecule has 5 rings (SSSR count). The molecule has 0 unspecified atom stereocenters. The molecule has 0 saturated carbocycles. The third kappa shape index (κ3) is 16.2. The number of rotatable bonds is 31. The average molecular weight is 854 g/mol. The van der Waals surface area contributed by atoms with Gasteiger partial charge in [0.05, 0.1) is 123 Å². The minimum atomic E-state index is -0.648. The van der Waals surface area contributed by atoms with Crippen molar-refractivity contribution in [2.75, 3.05) is 131 Å². The first-order valence-corrected chi connectivity index (χ1v) is 20.8. The summed E-state index contributed by atoms with van der Waals surface area (Å²) in [7, 11) is 1.88. The van der Waals surface area contributed by atoms with Gasteiger partial charge >= 0.3 is 0 Å². The highest BCUT2D eigenvalue weighted by Crippen LogP contribution is 2.39. The van der Waals surface area contributed by atoms with Crippen LogP contribution in [0.5, 0.6) is 5.75 Å². The van der Waals surface area contributed by atoms with Gasteiger partial charge in [-0.2, -0.15) is 4.39 Å². The predicted molar refractivity (Wildman–Crippen MR) is 225 cm³/mol. The van der Waals surface area contributed by atoms with Gasteiger partial charge in [0.15, 0.2) is 5.75 Å². The molecular weight excluding hydrogens is 794 g/mol. The Hall–Kier alpha value is -4.76. The summed E-state index contributed by atoms with van der Waals surface area (Å²) in [6, 6.07) is 19.0. The second-order valence-electron chi connectivity index (χ2n) is 13.6. The average Bonchev–Trinajstić information content (AvgIpc) is 3.69. The molecule has 334 valence electrons. The van der Waals surface area contributed by atoms with Crippen molar-refractivity contribution in [2.45, 2.75) is 19.4 Å². The van der Waals surface area contributed by atoms with Crippen molar-refractivity contribution >= 4 is 28.9 Å². The first-order chi connectivity index (χ1) is 30.1. The summed E-state index contributed by atoms with van der Waals surface area (Å²) in [6.07, 6.45) is 1.68. The Labute approximate surface area is 357 Å². The van der Waals surface area contributed by atoms with Gasteiger partial charge in [-0.25, -0.2) is 4.98 Å². The number of likely N-dealkylation sites (N-methyl/N-ethyl adjacent to an activating group) is 1. The van der Waals surface area contributed by atoms with E-state index >= 15 is 0 Å². The largest absolute Gasteiger partial charge is 0.486 e. The smallest absolute Gasteiger partial charge is 0.255 e. The van der Waals surface area contributed by atoms with Crippen LogP contribution in [0.1, 0.15) is 29.5 Å². The fourth-order valence-corrected chi connectivity index (χ4v) is 6.32. The number of hydrogen-bond donors (Lipinski definition) is 4. The van der Waals surface area contributed by atoms with E-state index in [0.717, 1.165) is 40.3 Å². The monoisotopic (exact) mass is 853 g/mol. The van der Waals surface area contributed by atoms with Gasteiger partial charge in [0, 0.05) is 43.3 Å². The Kier molecular flexibility index (Phi) is 21.7. The number of hydrogen-bond acceptors (Lipinski definition) is 15. The van der Waals surface area contributed by atoms with Gasteiger partial charge in [-0.1, -0.05) is 42.5 Å². The molecule has 2 aliphatic rings. The fraction of sp³-hybridized carbons (Fsp3) is 0.512. The fourth-order valence-electron chi connectivity index (χ4n) is 6.32. The van der Waals surface area contributed by atoms with E-state index in [9.17, 15) is 14.0 Å². The topological polar surface area (TPSA) is 175 Å². The molecule has 2 aliphatic heterocycles. The number of halogens is 1. The highest BCUT2D eigenvalue weighted by atomic mass is 19.1. The third-order valence-electron chi connectivity index (χ3n) is 9.35. The quantitative estimate of drug-likeness (QED) is 0.0549. The minimum Gasteiger partial charge on any atom is -0.486 e.